The molecule has 2 heterocycles. The number of thiazole rings is 1. The number of rotatable bonds is 6. The van der Waals surface area contributed by atoms with Crippen molar-refractivity contribution in [3.63, 3.8) is 0 Å². The fraction of sp³-hybridized carbons (Fsp3) is 0.0417. The van der Waals surface area contributed by atoms with Crippen molar-refractivity contribution in [1.29, 1.82) is 0 Å². The first kappa shape index (κ1) is 19.9. The van der Waals surface area contributed by atoms with Gasteiger partial charge in [0.2, 0.25) is 11.0 Å². The Kier molecular flexibility index (Phi) is 5.35. The Bertz CT molecular complexity index is 1360. The number of nitrogens with one attached hydrogen (secondary N) is 1. The number of hydrogen-bond donors (Lipinski definition) is 1. The molecular formula is C24H18FN5OS. The Hall–Kier alpha value is -4.04. The van der Waals surface area contributed by atoms with E-state index in [0.29, 0.717) is 22.3 Å². The van der Waals surface area contributed by atoms with Gasteiger partial charge in [-0.15, -0.1) is 0 Å². The van der Waals surface area contributed by atoms with E-state index in [4.69, 9.17) is 4.74 Å². The van der Waals surface area contributed by atoms with Crippen LogP contribution in [-0.2, 0) is 0 Å². The van der Waals surface area contributed by atoms with Crippen LogP contribution < -0.4 is 10.2 Å². The molecule has 0 spiro atoms. The summed E-state index contributed by atoms with van der Waals surface area (Å²) in [6.07, 6.45) is 1.66. The van der Waals surface area contributed by atoms with Gasteiger partial charge >= 0.3 is 0 Å². The molecule has 3 aromatic carbocycles. The number of ether oxygens (including phenoxy) is 1. The summed E-state index contributed by atoms with van der Waals surface area (Å²) in [6, 6.07) is 23.4. The average Bonchev–Trinajstić information content (AvgIpc) is 3.37. The van der Waals surface area contributed by atoms with Crippen molar-refractivity contribution in [3.8, 4) is 17.3 Å². The standard InChI is InChI=1S/C24H18FN5OS/c1-16-20(15-26-28-24-27-21-9-5-6-10-22(21)32-24)23(31-19-13-11-17(25)12-14-19)30(29-16)18-7-3-2-4-8-18/h2-15H,1H3,(H,27,28). The normalized spacial score (nSPS) is 11.3. The number of nitrogens with zero attached hydrogens (tertiary/aromatic N) is 4. The number of benzene rings is 3. The first-order chi connectivity index (χ1) is 15.7. The van der Waals surface area contributed by atoms with Gasteiger partial charge in [-0.05, 0) is 55.5 Å². The van der Waals surface area contributed by atoms with Gasteiger partial charge in [0.1, 0.15) is 11.6 Å². The van der Waals surface area contributed by atoms with Crippen LogP contribution in [0.4, 0.5) is 9.52 Å². The second-order valence-electron chi connectivity index (χ2n) is 6.96. The van der Waals surface area contributed by atoms with Crippen LogP contribution in [0.5, 0.6) is 11.6 Å². The summed E-state index contributed by atoms with van der Waals surface area (Å²) in [5, 5.41) is 9.70. The number of aromatic nitrogens is 3. The first-order valence-electron chi connectivity index (χ1n) is 9.90. The summed E-state index contributed by atoms with van der Waals surface area (Å²) >= 11 is 1.52. The van der Waals surface area contributed by atoms with Crippen LogP contribution in [0.15, 0.2) is 84.0 Å². The lowest BCUT2D eigenvalue weighted by Gasteiger charge is -2.10. The summed E-state index contributed by atoms with van der Waals surface area (Å²) in [7, 11) is 0. The van der Waals surface area contributed by atoms with Crippen LogP contribution in [0.3, 0.4) is 0 Å². The van der Waals surface area contributed by atoms with Crippen LogP contribution in [0.1, 0.15) is 11.3 Å². The predicted molar refractivity (Wildman–Crippen MR) is 126 cm³/mol. The zero-order chi connectivity index (χ0) is 21.9. The smallest absolute Gasteiger partial charge is 0.231 e. The number of hydrogen-bond acceptors (Lipinski definition) is 6. The topological polar surface area (TPSA) is 64.3 Å². The zero-order valence-corrected chi connectivity index (χ0v) is 17.9. The number of aryl methyl sites for hydroxylation is 1. The van der Waals surface area contributed by atoms with Gasteiger partial charge in [0.05, 0.1) is 33.4 Å². The van der Waals surface area contributed by atoms with Gasteiger partial charge < -0.3 is 4.74 Å². The molecule has 0 saturated heterocycles. The Morgan fingerprint density at radius 1 is 1.00 bits per heavy atom. The van der Waals surface area contributed by atoms with E-state index in [2.05, 4.69) is 20.6 Å². The lowest BCUT2D eigenvalue weighted by atomic mass is 10.2. The van der Waals surface area contributed by atoms with Crippen LogP contribution >= 0.6 is 11.3 Å². The highest BCUT2D eigenvalue weighted by atomic mass is 32.1. The van der Waals surface area contributed by atoms with E-state index in [9.17, 15) is 4.39 Å². The van der Waals surface area contributed by atoms with Gasteiger partial charge in [-0.2, -0.15) is 14.9 Å². The molecule has 0 fully saturated rings. The van der Waals surface area contributed by atoms with Crippen molar-refractivity contribution in [3.05, 3.63) is 95.9 Å². The second kappa shape index (κ2) is 8.60. The minimum absolute atomic E-state index is 0.327. The van der Waals surface area contributed by atoms with Gasteiger partial charge in [-0.25, -0.2) is 9.37 Å². The molecule has 8 heteroatoms. The van der Waals surface area contributed by atoms with Gasteiger partial charge in [0.15, 0.2) is 0 Å². The summed E-state index contributed by atoms with van der Waals surface area (Å²) in [6.45, 7) is 1.88. The molecule has 0 aliphatic carbocycles. The molecule has 0 atom stereocenters. The lowest BCUT2D eigenvalue weighted by molar-refractivity contribution is 0.442. The summed E-state index contributed by atoms with van der Waals surface area (Å²) in [5.41, 5.74) is 6.19. The molecule has 5 rings (SSSR count). The SMILES string of the molecule is Cc1nn(-c2ccccc2)c(Oc2ccc(F)cc2)c1C=NNc1nc2ccccc2s1. The van der Waals surface area contributed by atoms with Crippen LogP contribution in [-0.4, -0.2) is 21.0 Å². The average molecular weight is 444 g/mol. The fourth-order valence-electron chi connectivity index (χ4n) is 3.20. The van der Waals surface area contributed by atoms with E-state index in [1.54, 1.807) is 23.0 Å². The molecular weight excluding hydrogens is 425 g/mol. The van der Waals surface area contributed by atoms with Crippen molar-refractivity contribution < 1.29 is 9.13 Å². The highest BCUT2D eigenvalue weighted by Crippen LogP contribution is 2.30. The minimum atomic E-state index is -0.327. The fourth-order valence-corrected chi connectivity index (χ4v) is 4.01. The molecule has 0 aliphatic rings. The molecule has 0 radical (unpaired) electrons. The van der Waals surface area contributed by atoms with Gasteiger partial charge in [0, 0.05) is 0 Å². The first-order valence-corrected chi connectivity index (χ1v) is 10.7. The molecule has 32 heavy (non-hydrogen) atoms. The third-order valence-electron chi connectivity index (χ3n) is 4.74. The van der Waals surface area contributed by atoms with E-state index in [1.807, 2.05) is 61.5 Å². The molecule has 5 aromatic rings. The number of para-hydroxylation sites is 2. The quantitative estimate of drug-likeness (QED) is 0.252. The van der Waals surface area contributed by atoms with E-state index in [1.165, 1.54) is 23.5 Å². The monoisotopic (exact) mass is 443 g/mol. The van der Waals surface area contributed by atoms with Gasteiger partial charge in [-0.1, -0.05) is 41.7 Å². The number of anilines is 1. The zero-order valence-electron chi connectivity index (χ0n) is 17.1. The Balaban J connectivity index is 1.49. The van der Waals surface area contributed by atoms with Crippen molar-refractivity contribution in [2.24, 2.45) is 5.10 Å². The maximum atomic E-state index is 13.4. The lowest BCUT2D eigenvalue weighted by Crippen LogP contribution is -2.00. The number of hydrazone groups is 1. The molecule has 0 aliphatic heterocycles. The Morgan fingerprint density at radius 2 is 1.75 bits per heavy atom. The van der Waals surface area contributed by atoms with E-state index < -0.39 is 0 Å². The van der Waals surface area contributed by atoms with Crippen molar-refractivity contribution in [1.82, 2.24) is 14.8 Å². The molecule has 1 N–H and O–H groups in total. The predicted octanol–water partition coefficient (Wildman–Crippen LogP) is 6.17. The van der Waals surface area contributed by atoms with Crippen molar-refractivity contribution in [2.75, 3.05) is 5.43 Å². The van der Waals surface area contributed by atoms with Crippen LogP contribution in [0.25, 0.3) is 15.9 Å². The number of fused-ring (bicyclic) bond motifs is 1. The Morgan fingerprint density at radius 3 is 2.53 bits per heavy atom. The van der Waals surface area contributed by atoms with E-state index >= 15 is 0 Å². The molecule has 0 saturated carbocycles. The highest BCUT2D eigenvalue weighted by molar-refractivity contribution is 7.22. The molecule has 6 nitrogen and oxygen atoms in total. The molecule has 0 bridgehead atoms. The molecule has 158 valence electrons. The largest absolute Gasteiger partial charge is 0.438 e. The third-order valence-corrected chi connectivity index (χ3v) is 5.68. The second-order valence-corrected chi connectivity index (χ2v) is 7.99. The highest BCUT2D eigenvalue weighted by Gasteiger charge is 2.18. The molecule has 2 aromatic heterocycles. The molecule has 0 amide bonds. The Labute approximate surface area is 187 Å². The van der Waals surface area contributed by atoms with Gasteiger partial charge in [-0.3, -0.25) is 5.43 Å². The van der Waals surface area contributed by atoms with Crippen LogP contribution in [0, 0.1) is 12.7 Å². The van der Waals surface area contributed by atoms with Gasteiger partial charge in [0.25, 0.3) is 0 Å². The van der Waals surface area contributed by atoms with Crippen molar-refractivity contribution in [2.45, 2.75) is 6.92 Å². The minimum Gasteiger partial charge on any atom is -0.438 e. The maximum Gasteiger partial charge on any atom is 0.231 e. The van der Waals surface area contributed by atoms with Crippen LogP contribution in [0.2, 0.25) is 0 Å². The van der Waals surface area contributed by atoms with E-state index in [0.717, 1.165) is 21.6 Å². The van der Waals surface area contributed by atoms with E-state index in [-0.39, 0.29) is 5.82 Å². The number of halogens is 1. The molecule has 0 unspecified atom stereocenters. The summed E-state index contributed by atoms with van der Waals surface area (Å²) in [5.74, 6) is 0.652. The third kappa shape index (κ3) is 4.08. The van der Waals surface area contributed by atoms with Crippen molar-refractivity contribution >= 4 is 32.9 Å². The maximum absolute atomic E-state index is 13.4. The summed E-state index contributed by atoms with van der Waals surface area (Å²) in [4.78, 5) is 4.52. The summed E-state index contributed by atoms with van der Waals surface area (Å²) < 4.78 is 22.3.